The van der Waals surface area contributed by atoms with Crippen LogP contribution in [0.1, 0.15) is 44.1 Å². The topological polar surface area (TPSA) is 71.0 Å². The van der Waals surface area contributed by atoms with Gasteiger partial charge in [0, 0.05) is 6.04 Å². The van der Waals surface area contributed by atoms with Crippen molar-refractivity contribution in [3.05, 3.63) is 23.8 Å². The number of fused-ring (bicyclic) bond motifs is 1. The van der Waals surface area contributed by atoms with E-state index >= 15 is 0 Å². The van der Waals surface area contributed by atoms with E-state index in [9.17, 15) is 9.90 Å². The van der Waals surface area contributed by atoms with Crippen LogP contribution in [0.3, 0.4) is 0 Å². The third kappa shape index (κ3) is 3.40. The van der Waals surface area contributed by atoms with Crippen molar-refractivity contribution >= 4 is 5.91 Å². The number of benzene rings is 1. The highest BCUT2D eigenvalue weighted by molar-refractivity contribution is 5.79. The van der Waals surface area contributed by atoms with E-state index in [1.165, 1.54) is 0 Å². The average molecular weight is 360 g/mol. The normalized spacial score (nSPS) is 24.6. The Kier molecular flexibility index (Phi) is 5.05. The first-order valence-corrected chi connectivity index (χ1v) is 9.76. The summed E-state index contributed by atoms with van der Waals surface area (Å²) >= 11 is 0. The predicted molar refractivity (Wildman–Crippen MR) is 97.4 cm³/mol. The molecule has 0 spiro atoms. The number of aliphatic hydroxyl groups excluding tert-OH is 1. The number of nitrogens with zero attached hydrogens (tertiary/aromatic N) is 1. The Hall–Kier alpha value is -1.79. The number of amides is 1. The summed E-state index contributed by atoms with van der Waals surface area (Å²) in [5, 5.41) is 12.8. The molecule has 6 heteroatoms. The molecule has 1 aliphatic carbocycles. The zero-order valence-corrected chi connectivity index (χ0v) is 15.2. The first-order valence-electron chi connectivity index (χ1n) is 9.76. The molecule has 142 valence electrons. The van der Waals surface area contributed by atoms with E-state index < -0.39 is 0 Å². The second-order valence-corrected chi connectivity index (χ2v) is 7.64. The van der Waals surface area contributed by atoms with Crippen molar-refractivity contribution in [2.75, 3.05) is 32.9 Å². The van der Waals surface area contributed by atoms with Gasteiger partial charge in [-0.3, -0.25) is 9.69 Å². The van der Waals surface area contributed by atoms with Gasteiger partial charge in [0.2, 0.25) is 5.91 Å². The number of carbonyl (C=O) groups is 1. The van der Waals surface area contributed by atoms with Gasteiger partial charge in [0.1, 0.15) is 13.2 Å². The summed E-state index contributed by atoms with van der Waals surface area (Å²) in [4.78, 5) is 14.9. The lowest BCUT2D eigenvalue weighted by Crippen LogP contribution is -2.49. The van der Waals surface area contributed by atoms with Crippen molar-refractivity contribution in [1.82, 2.24) is 10.2 Å². The summed E-state index contributed by atoms with van der Waals surface area (Å²) in [6, 6.07) is 6.17. The fourth-order valence-corrected chi connectivity index (χ4v) is 4.61. The second kappa shape index (κ2) is 7.45. The molecule has 1 saturated heterocycles. The Morgan fingerprint density at radius 1 is 1.19 bits per heavy atom. The molecule has 6 nitrogen and oxygen atoms in total. The van der Waals surface area contributed by atoms with E-state index in [1.807, 2.05) is 12.1 Å². The second-order valence-electron chi connectivity index (χ2n) is 7.64. The van der Waals surface area contributed by atoms with Gasteiger partial charge in [-0.1, -0.05) is 18.9 Å². The maximum absolute atomic E-state index is 12.8. The first kappa shape index (κ1) is 17.6. The average Bonchev–Trinajstić information content (AvgIpc) is 3.31. The molecular formula is C20H28N2O4. The molecule has 26 heavy (non-hydrogen) atoms. The molecule has 2 heterocycles. The highest BCUT2D eigenvalue weighted by Crippen LogP contribution is 2.42. The number of carbonyl (C=O) groups excluding carboxylic acids is 1. The van der Waals surface area contributed by atoms with Crippen molar-refractivity contribution in [2.45, 2.75) is 50.1 Å². The molecule has 2 aliphatic heterocycles. The number of hydrogen-bond acceptors (Lipinski definition) is 5. The lowest BCUT2D eigenvalue weighted by molar-refractivity contribution is -0.124. The van der Waals surface area contributed by atoms with E-state index in [4.69, 9.17) is 9.47 Å². The number of nitrogens with one attached hydrogen (secondary N) is 1. The van der Waals surface area contributed by atoms with Gasteiger partial charge in [0.05, 0.1) is 18.7 Å². The molecule has 1 saturated carbocycles. The fourth-order valence-electron chi connectivity index (χ4n) is 4.61. The lowest BCUT2D eigenvalue weighted by atomic mass is 9.87. The van der Waals surface area contributed by atoms with Crippen LogP contribution in [0.15, 0.2) is 18.2 Å². The van der Waals surface area contributed by atoms with E-state index in [0.717, 1.165) is 62.1 Å². The van der Waals surface area contributed by atoms with E-state index in [-0.39, 0.29) is 24.1 Å². The van der Waals surface area contributed by atoms with Crippen LogP contribution in [-0.2, 0) is 10.3 Å². The van der Waals surface area contributed by atoms with Gasteiger partial charge in [-0.25, -0.2) is 0 Å². The minimum Gasteiger partial charge on any atom is -0.486 e. The van der Waals surface area contributed by atoms with Gasteiger partial charge in [0.15, 0.2) is 11.5 Å². The summed E-state index contributed by atoms with van der Waals surface area (Å²) in [5.74, 6) is 1.60. The summed E-state index contributed by atoms with van der Waals surface area (Å²) in [6.45, 7) is 2.51. The minimum absolute atomic E-state index is 0.0436. The Labute approximate surface area is 154 Å². The Balaban J connectivity index is 1.50. The summed E-state index contributed by atoms with van der Waals surface area (Å²) in [6.07, 6.45) is 6.13. The molecule has 1 aromatic carbocycles. The van der Waals surface area contributed by atoms with Crippen molar-refractivity contribution in [3.63, 3.8) is 0 Å². The smallest absolute Gasteiger partial charge is 0.234 e. The van der Waals surface area contributed by atoms with E-state index in [2.05, 4.69) is 16.3 Å². The monoisotopic (exact) mass is 360 g/mol. The Morgan fingerprint density at radius 3 is 2.73 bits per heavy atom. The molecule has 2 N–H and O–H groups in total. The van der Waals surface area contributed by atoms with Crippen LogP contribution in [0.5, 0.6) is 11.5 Å². The first-order chi connectivity index (χ1) is 12.7. The van der Waals surface area contributed by atoms with Crippen molar-refractivity contribution < 1.29 is 19.4 Å². The molecule has 0 unspecified atom stereocenters. The maximum atomic E-state index is 12.8. The largest absolute Gasteiger partial charge is 0.486 e. The van der Waals surface area contributed by atoms with Crippen LogP contribution in [-0.4, -0.2) is 54.9 Å². The van der Waals surface area contributed by atoms with Gasteiger partial charge >= 0.3 is 0 Å². The van der Waals surface area contributed by atoms with Crippen LogP contribution >= 0.6 is 0 Å². The molecule has 2 fully saturated rings. The molecule has 0 bridgehead atoms. The SMILES string of the molecule is O=C(CN1CCC[C@H]1CO)NC1(c2ccc3c(c2)OCCO3)CCCC1. The number of aliphatic hydroxyl groups is 1. The standard InChI is InChI=1S/C20H28N2O4/c23-14-16-4-3-9-22(16)13-19(24)21-20(7-1-2-8-20)15-5-6-17-18(12-15)26-11-10-25-17/h5-6,12,16,23H,1-4,7-11,13-14H2,(H,21,24)/t16-/m0/s1. The van der Waals surface area contributed by atoms with Crippen LogP contribution in [0.25, 0.3) is 0 Å². The number of rotatable bonds is 5. The highest BCUT2D eigenvalue weighted by atomic mass is 16.6. The quantitative estimate of drug-likeness (QED) is 0.838. The van der Waals surface area contributed by atoms with E-state index in [1.54, 1.807) is 0 Å². The minimum atomic E-state index is -0.318. The summed E-state index contributed by atoms with van der Waals surface area (Å²) < 4.78 is 11.4. The van der Waals surface area contributed by atoms with Gasteiger partial charge in [-0.2, -0.15) is 0 Å². The van der Waals surface area contributed by atoms with Gasteiger partial charge < -0.3 is 19.9 Å². The third-order valence-corrected chi connectivity index (χ3v) is 5.99. The third-order valence-electron chi connectivity index (χ3n) is 5.99. The van der Waals surface area contributed by atoms with Crippen LogP contribution < -0.4 is 14.8 Å². The molecule has 3 aliphatic rings. The lowest BCUT2D eigenvalue weighted by Gasteiger charge is -2.33. The van der Waals surface area contributed by atoms with Crippen molar-refractivity contribution in [3.8, 4) is 11.5 Å². The molecule has 0 aromatic heterocycles. The number of ether oxygens (including phenoxy) is 2. The van der Waals surface area contributed by atoms with Crippen molar-refractivity contribution in [1.29, 1.82) is 0 Å². The Morgan fingerprint density at radius 2 is 1.96 bits per heavy atom. The van der Waals surface area contributed by atoms with Gasteiger partial charge in [-0.15, -0.1) is 0 Å². The van der Waals surface area contributed by atoms with Gasteiger partial charge in [-0.05, 0) is 49.9 Å². The highest BCUT2D eigenvalue weighted by Gasteiger charge is 2.38. The molecule has 1 amide bonds. The molecule has 0 radical (unpaired) electrons. The maximum Gasteiger partial charge on any atom is 0.234 e. The zero-order valence-electron chi connectivity index (χ0n) is 15.2. The van der Waals surface area contributed by atoms with Crippen molar-refractivity contribution in [2.24, 2.45) is 0 Å². The molecule has 4 rings (SSSR count). The zero-order chi connectivity index (χ0) is 18.0. The van der Waals surface area contributed by atoms with Crippen LogP contribution in [0.2, 0.25) is 0 Å². The van der Waals surface area contributed by atoms with Crippen LogP contribution in [0, 0.1) is 0 Å². The molecular weight excluding hydrogens is 332 g/mol. The van der Waals surface area contributed by atoms with Crippen LogP contribution in [0.4, 0.5) is 0 Å². The summed E-state index contributed by atoms with van der Waals surface area (Å²) in [7, 11) is 0. The van der Waals surface area contributed by atoms with Gasteiger partial charge in [0.25, 0.3) is 0 Å². The number of likely N-dealkylation sites (tertiary alicyclic amines) is 1. The fraction of sp³-hybridized carbons (Fsp3) is 0.650. The number of hydrogen-bond donors (Lipinski definition) is 2. The van der Waals surface area contributed by atoms with E-state index in [0.29, 0.717) is 19.8 Å². The predicted octanol–water partition coefficient (Wildman–Crippen LogP) is 1.80. The Bertz CT molecular complexity index is 657. The summed E-state index contributed by atoms with van der Waals surface area (Å²) in [5.41, 5.74) is 0.786. The molecule has 1 aromatic rings. The molecule has 1 atom stereocenters.